The highest BCUT2D eigenvalue weighted by atomic mass is 16.5. The molecular formula is C15H21NO3. The summed E-state index contributed by atoms with van der Waals surface area (Å²) in [7, 11) is 1.38. The van der Waals surface area contributed by atoms with Crippen molar-refractivity contribution in [1.29, 1.82) is 0 Å². The molecule has 0 bridgehead atoms. The Kier molecular flexibility index (Phi) is 4.43. The highest BCUT2D eigenvalue weighted by Crippen LogP contribution is 2.30. The number of carbonyl (C=O) groups excluding carboxylic acids is 1. The molecule has 0 radical (unpaired) electrons. The number of para-hydroxylation sites is 1. The summed E-state index contributed by atoms with van der Waals surface area (Å²) in [4.78, 5) is 11.7. The highest BCUT2D eigenvalue weighted by Gasteiger charge is 2.28. The second kappa shape index (κ2) is 6.06. The van der Waals surface area contributed by atoms with Crippen molar-refractivity contribution < 1.29 is 14.3 Å². The predicted molar refractivity (Wildman–Crippen MR) is 73.5 cm³/mol. The van der Waals surface area contributed by atoms with E-state index in [1.165, 1.54) is 7.11 Å². The van der Waals surface area contributed by atoms with Crippen molar-refractivity contribution in [2.45, 2.75) is 19.8 Å². The lowest BCUT2D eigenvalue weighted by Gasteiger charge is -2.33. The van der Waals surface area contributed by atoms with Crippen molar-refractivity contribution in [2.24, 2.45) is 5.41 Å². The summed E-state index contributed by atoms with van der Waals surface area (Å²) < 4.78 is 10.6. The molecule has 4 nitrogen and oxygen atoms in total. The molecule has 0 aromatic heterocycles. The first-order chi connectivity index (χ1) is 9.14. The van der Waals surface area contributed by atoms with Crippen LogP contribution in [0.1, 0.15) is 30.1 Å². The van der Waals surface area contributed by atoms with E-state index < -0.39 is 0 Å². The van der Waals surface area contributed by atoms with Crippen molar-refractivity contribution in [3.8, 4) is 5.75 Å². The molecular weight excluding hydrogens is 242 g/mol. The van der Waals surface area contributed by atoms with Gasteiger partial charge in [-0.05, 0) is 38.1 Å². The molecule has 1 N–H and O–H groups in total. The van der Waals surface area contributed by atoms with Crippen LogP contribution in [0.15, 0.2) is 24.3 Å². The van der Waals surface area contributed by atoms with Gasteiger partial charge >= 0.3 is 5.97 Å². The molecule has 19 heavy (non-hydrogen) atoms. The normalized spacial score (nSPS) is 17.8. The second-order valence-corrected chi connectivity index (χ2v) is 5.34. The molecule has 0 saturated carbocycles. The van der Waals surface area contributed by atoms with E-state index in [2.05, 4.69) is 12.2 Å². The van der Waals surface area contributed by atoms with Crippen molar-refractivity contribution in [3.63, 3.8) is 0 Å². The summed E-state index contributed by atoms with van der Waals surface area (Å²) in [6.07, 6.45) is 2.18. The monoisotopic (exact) mass is 263 g/mol. The molecule has 0 unspecified atom stereocenters. The van der Waals surface area contributed by atoms with E-state index in [9.17, 15) is 4.79 Å². The van der Waals surface area contributed by atoms with Gasteiger partial charge in [-0.2, -0.15) is 0 Å². The minimum Gasteiger partial charge on any atom is -0.492 e. The maximum atomic E-state index is 11.7. The van der Waals surface area contributed by atoms with Crippen LogP contribution >= 0.6 is 0 Å². The van der Waals surface area contributed by atoms with Gasteiger partial charge in [0.05, 0.1) is 13.7 Å². The fourth-order valence-corrected chi connectivity index (χ4v) is 2.30. The van der Waals surface area contributed by atoms with Gasteiger partial charge in [0, 0.05) is 5.41 Å². The van der Waals surface area contributed by atoms with Crippen molar-refractivity contribution in [1.82, 2.24) is 5.32 Å². The lowest BCUT2D eigenvalue weighted by molar-refractivity contribution is 0.0589. The van der Waals surface area contributed by atoms with E-state index in [1.54, 1.807) is 6.07 Å². The summed E-state index contributed by atoms with van der Waals surface area (Å²) in [5, 5.41) is 3.35. The molecule has 1 saturated heterocycles. The van der Waals surface area contributed by atoms with Crippen LogP contribution in [0.3, 0.4) is 0 Å². The number of esters is 1. The molecule has 0 aliphatic carbocycles. The van der Waals surface area contributed by atoms with Crippen LogP contribution in [0.25, 0.3) is 0 Å². The van der Waals surface area contributed by atoms with Gasteiger partial charge in [0.25, 0.3) is 0 Å². The molecule has 2 rings (SSSR count). The predicted octanol–water partition coefficient (Wildman–Crippen LogP) is 2.24. The Balaban J connectivity index is 2.04. The zero-order valence-electron chi connectivity index (χ0n) is 11.6. The SMILES string of the molecule is COC(=O)c1ccccc1OCC1(C)CCNCC1. The van der Waals surface area contributed by atoms with Gasteiger partial charge < -0.3 is 14.8 Å². The molecule has 4 heteroatoms. The average Bonchev–Trinajstić information content (AvgIpc) is 2.45. The number of nitrogens with one attached hydrogen (secondary N) is 1. The molecule has 0 spiro atoms. The van der Waals surface area contributed by atoms with Crippen molar-refractivity contribution in [2.75, 3.05) is 26.8 Å². The summed E-state index contributed by atoms with van der Waals surface area (Å²) in [5.41, 5.74) is 0.664. The van der Waals surface area contributed by atoms with Crippen LogP contribution in [0.5, 0.6) is 5.75 Å². The first-order valence-corrected chi connectivity index (χ1v) is 6.65. The number of benzene rings is 1. The molecule has 0 amide bonds. The number of methoxy groups -OCH3 is 1. The quantitative estimate of drug-likeness (QED) is 0.846. The molecule has 1 aromatic rings. The Morgan fingerprint density at radius 1 is 1.32 bits per heavy atom. The van der Waals surface area contributed by atoms with E-state index in [0.717, 1.165) is 25.9 Å². The zero-order valence-corrected chi connectivity index (χ0v) is 11.6. The molecule has 1 aliphatic heterocycles. The average molecular weight is 263 g/mol. The third-order valence-corrected chi connectivity index (χ3v) is 3.68. The van der Waals surface area contributed by atoms with Gasteiger partial charge in [-0.1, -0.05) is 19.1 Å². The Bertz CT molecular complexity index is 439. The molecule has 0 atom stereocenters. The first kappa shape index (κ1) is 13.9. The molecule has 1 aliphatic rings. The fraction of sp³-hybridized carbons (Fsp3) is 0.533. The number of hydrogen-bond donors (Lipinski definition) is 1. The summed E-state index contributed by atoms with van der Waals surface area (Å²) in [6, 6.07) is 7.22. The number of hydrogen-bond acceptors (Lipinski definition) is 4. The van der Waals surface area contributed by atoms with Crippen LogP contribution < -0.4 is 10.1 Å². The minimum atomic E-state index is -0.355. The number of rotatable bonds is 4. The Morgan fingerprint density at radius 2 is 2.00 bits per heavy atom. The van der Waals surface area contributed by atoms with E-state index in [0.29, 0.717) is 17.9 Å². The van der Waals surface area contributed by atoms with E-state index in [1.807, 2.05) is 18.2 Å². The van der Waals surface area contributed by atoms with Crippen LogP contribution in [0.2, 0.25) is 0 Å². The van der Waals surface area contributed by atoms with E-state index in [4.69, 9.17) is 9.47 Å². The fourth-order valence-electron chi connectivity index (χ4n) is 2.30. The smallest absolute Gasteiger partial charge is 0.341 e. The van der Waals surface area contributed by atoms with Gasteiger partial charge in [-0.25, -0.2) is 4.79 Å². The molecule has 104 valence electrons. The Labute approximate surface area is 114 Å². The van der Waals surface area contributed by atoms with Crippen LogP contribution in [-0.2, 0) is 4.74 Å². The summed E-state index contributed by atoms with van der Waals surface area (Å²) >= 11 is 0. The highest BCUT2D eigenvalue weighted by molar-refractivity contribution is 5.92. The van der Waals surface area contributed by atoms with Gasteiger partial charge in [0.2, 0.25) is 0 Å². The van der Waals surface area contributed by atoms with Crippen LogP contribution in [0, 0.1) is 5.41 Å². The largest absolute Gasteiger partial charge is 0.492 e. The summed E-state index contributed by atoms with van der Waals surface area (Å²) in [5.74, 6) is 0.250. The molecule has 1 fully saturated rings. The van der Waals surface area contributed by atoms with Crippen LogP contribution in [0.4, 0.5) is 0 Å². The standard InChI is InChI=1S/C15H21NO3/c1-15(7-9-16-10-8-15)11-19-13-6-4-3-5-12(13)14(17)18-2/h3-6,16H,7-11H2,1-2H3. The third kappa shape index (κ3) is 3.47. The molecule has 1 heterocycles. The van der Waals surface area contributed by atoms with Gasteiger partial charge in [-0.3, -0.25) is 0 Å². The lowest BCUT2D eigenvalue weighted by Crippen LogP contribution is -2.38. The van der Waals surface area contributed by atoms with Crippen molar-refractivity contribution >= 4 is 5.97 Å². The molecule has 1 aromatic carbocycles. The van der Waals surface area contributed by atoms with E-state index >= 15 is 0 Å². The lowest BCUT2D eigenvalue weighted by atomic mass is 9.82. The van der Waals surface area contributed by atoms with Gasteiger partial charge in [0.15, 0.2) is 0 Å². The van der Waals surface area contributed by atoms with Crippen LogP contribution in [-0.4, -0.2) is 32.8 Å². The van der Waals surface area contributed by atoms with Gasteiger partial charge in [0.1, 0.15) is 11.3 Å². The number of carbonyl (C=O) groups is 1. The van der Waals surface area contributed by atoms with Crippen molar-refractivity contribution in [3.05, 3.63) is 29.8 Å². The Hall–Kier alpha value is -1.55. The zero-order chi connectivity index (χ0) is 13.7. The number of piperidine rings is 1. The topological polar surface area (TPSA) is 47.6 Å². The Morgan fingerprint density at radius 3 is 2.68 bits per heavy atom. The first-order valence-electron chi connectivity index (χ1n) is 6.65. The minimum absolute atomic E-state index is 0.175. The maximum absolute atomic E-state index is 11.7. The number of ether oxygens (including phenoxy) is 2. The third-order valence-electron chi connectivity index (χ3n) is 3.68. The van der Waals surface area contributed by atoms with E-state index in [-0.39, 0.29) is 11.4 Å². The summed E-state index contributed by atoms with van der Waals surface area (Å²) in [6.45, 7) is 4.91. The maximum Gasteiger partial charge on any atom is 0.341 e. The second-order valence-electron chi connectivity index (χ2n) is 5.34. The van der Waals surface area contributed by atoms with Gasteiger partial charge in [-0.15, -0.1) is 0 Å².